The molecule has 4 heteroatoms. The maximum atomic E-state index is 5.89. The first-order chi connectivity index (χ1) is 7.66. The van der Waals surface area contributed by atoms with E-state index in [9.17, 15) is 0 Å². The summed E-state index contributed by atoms with van der Waals surface area (Å²) in [6, 6.07) is 8.13. The summed E-state index contributed by atoms with van der Waals surface area (Å²) in [5.41, 5.74) is 6.85. The van der Waals surface area contributed by atoms with Crippen molar-refractivity contribution in [3.63, 3.8) is 0 Å². The quantitative estimate of drug-likeness (QED) is 0.896. The lowest BCUT2D eigenvalue weighted by Gasteiger charge is -2.33. The Bertz CT molecular complexity index is 372. The van der Waals surface area contributed by atoms with Gasteiger partial charge in [-0.1, -0.05) is 22.0 Å². The lowest BCUT2D eigenvalue weighted by molar-refractivity contribution is 0.103. The van der Waals surface area contributed by atoms with Crippen LogP contribution in [0.15, 0.2) is 28.7 Å². The van der Waals surface area contributed by atoms with E-state index in [0.29, 0.717) is 6.54 Å². The van der Waals surface area contributed by atoms with Crippen molar-refractivity contribution in [2.45, 2.75) is 25.0 Å². The maximum absolute atomic E-state index is 5.89. The van der Waals surface area contributed by atoms with Crippen molar-refractivity contribution in [1.82, 2.24) is 0 Å². The van der Waals surface area contributed by atoms with Crippen molar-refractivity contribution < 1.29 is 4.74 Å². The highest BCUT2D eigenvalue weighted by atomic mass is 79.9. The van der Waals surface area contributed by atoms with Crippen LogP contribution >= 0.6 is 15.9 Å². The maximum Gasteiger partial charge on any atom is 0.0789 e. The van der Waals surface area contributed by atoms with Crippen molar-refractivity contribution in [1.29, 1.82) is 0 Å². The minimum absolute atomic E-state index is 0.124. The van der Waals surface area contributed by atoms with Crippen LogP contribution in [0.3, 0.4) is 0 Å². The van der Waals surface area contributed by atoms with E-state index in [1.807, 2.05) is 18.2 Å². The topological polar surface area (TPSA) is 47.3 Å². The van der Waals surface area contributed by atoms with Crippen molar-refractivity contribution >= 4 is 21.6 Å². The molecule has 1 saturated heterocycles. The van der Waals surface area contributed by atoms with E-state index in [1.54, 1.807) is 0 Å². The average Bonchev–Trinajstić information content (AvgIpc) is 2.61. The molecule has 2 unspecified atom stereocenters. The Morgan fingerprint density at radius 2 is 2.44 bits per heavy atom. The van der Waals surface area contributed by atoms with Gasteiger partial charge in [0.25, 0.3) is 0 Å². The Morgan fingerprint density at radius 1 is 1.62 bits per heavy atom. The van der Waals surface area contributed by atoms with E-state index in [0.717, 1.165) is 23.2 Å². The third kappa shape index (κ3) is 2.24. The molecule has 1 aliphatic heterocycles. The molecule has 1 aromatic rings. The van der Waals surface area contributed by atoms with Gasteiger partial charge in [0, 0.05) is 23.3 Å². The SMILES string of the molecule is CC1OCCC1(CN)Nc1cccc(Br)c1. The normalized spacial score (nSPS) is 29.3. The number of anilines is 1. The molecule has 1 fully saturated rings. The van der Waals surface area contributed by atoms with Gasteiger partial charge in [-0.25, -0.2) is 0 Å². The van der Waals surface area contributed by atoms with Crippen LogP contribution in [0.25, 0.3) is 0 Å². The Morgan fingerprint density at radius 3 is 3.00 bits per heavy atom. The minimum Gasteiger partial charge on any atom is -0.376 e. The molecule has 0 aliphatic carbocycles. The second kappa shape index (κ2) is 4.73. The predicted octanol–water partition coefficient (Wildman–Crippen LogP) is 2.37. The van der Waals surface area contributed by atoms with Crippen molar-refractivity contribution in [2.24, 2.45) is 5.73 Å². The monoisotopic (exact) mass is 284 g/mol. The van der Waals surface area contributed by atoms with Gasteiger partial charge in [0.05, 0.1) is 11.6 Å². The van der Waals surface area contributed by atoms with Gasteiger partial charge in [0.15, 0.2) is 0 Å². The molecule has 0 saturated carbocycles. The van der Waals surface area contributed by atoms with Crippen molar-refractivity contribution in [2.75, 3.05) is 18.5 Å². The van der Waals surface area contributed by atoms with Crippen molar-refractivity contribution in [3.05, 3.63) is 28.7 Å². The zero-order chi connectivity index (χ0) is 11.6. The molecule has 16 heavy (non-hydrogen) atoms. The first-order valence-corrected chi connectivity index (χ1v) is 6.31. The second-order valence-electron chi connectivity index (χ2n) is 4.26. The molecule has 0 spiro atoms. The highest BCUT2D eigenvalue weighted by Crippen LogP contribution is 2.30. The summed E-state index contributed by atoms with van der Waals surface area (Å²) >= 11 is 3.46. The van der Waals surface area contributed by atoms with E-state index in [4.69, 9.17) is 10.5 Å². The van der Waals surface area contributed by atoms with Gasteiger partial charge in [-0.15, -0.1) is 0 Å². The zero-order valence-corrected chi connectivity index (χ0v) is 11.0. The van der Waals surface area contributed by atoms with Crippen LogP contribution in [-0.2, 0) is 4.74 Å². The van der Waals surface area contributed by atoms with Gasteiger partial charge >= 0.3 is 0 Å². The lowest BCUT2D eigenvalue weighted by Crippen LogP contribution is -2.50. The van der Waals surface area contributed by atoms with Crippen LogP contribution in [-0.4, -0.2) is 24.8 Å². The van der Waals surface area contributed by atoms with Crippen LogP contribution in [0.4, 0.5) is 5.69 Å². The molecule has 0 aromatic heterocycles. The molecule has 2 atom stereocenters. The van der Waals surface area contributed by atoms with Crippen LogP contribution in [0.2, 0.25) is 0 Å². The molecule has 0 bridgehead atoms. The Kier molecular flexibility index (Phi) is 3.52. The summed E-state index contributed by atoms with van der Waals surface area (Å²) in [5.74, 6) is 0. The zero-order valence-electron chi connectivity index (χ0n) is 9.37. The van der Waals surface area contributed by atoms with E-state index in [2.05, 4.69) is 34.2 Å². The van der Waals surface area contributed by atoms with E-state index < -0.39 is 0 Å². The predicted molar refractivity (Wildman–Crippen MR) is 69.6 cm³/mol. The molecule has 2 rings (SSSR count). The average molecular weight is 285 g/mol. The van der Waals surface area contributed by atoms with Crippen LogP contribution in [0, 0.1) is 0 Å². The van der Waals surface area contributed by atoms with Crippen LogP contribution in [0.5, 0.6) is 0 Å². The summed E-state index contributed by atoms with van der Waals surface area (Å²) in [4.78, 5) is 0. The summed E-state index contributed by atoms with van der Waals surface area (Å²) in [5, 5.41) is 3.51. The van der Waals surface area contributed by atoms with Gasteiger partial charge in [0.1, 0.15) is 0 Å². The molecule has 3 N–H and O–H groups in total. The number of rotatable bonds is 3. The van der Waals surface area contributed by atoms with Gasteiger partial charge in [-0.3, -0.25) is 0 Å². The molecule has 0 radical (unpaired) electrons. The number of hydrogen-bond donors (Lipinski definition) is 2. The van der Waals surface area contributed by atoms with E-state index >= 15 is 0 Å². The van der Waals surface area contributed by atoms with E-state index in [1.165, 1.54) is 0 Å². The molecule has 88 valence electrons. The first kappa shape index (κ1) is 11.9. The Labute approximate surface area is 104 Å². The van der Waals surface area contributed by atoms with Crippen LogP contribution in [0.1, 0.15) is 13.3 Å². The molecule has 3 nitrogen and oxygen atoms in total. The molecular weight excluding hydrogens is 268 g/mol. The summed E-state index contributed by atoms with van der Waals surface area (Å²) in [6.45, 7) is 3.44. The summed E-state index contributed by atoms with van der Waals surface area (Å²) in [7, 11) is 0. The number of nitrogens with one attached hydrogen (secondary N) is 1. The van der Waals surface area contributed by atoms with Crippen LogP contribution < -0.4 is 11.1 Å². The molecule has 1 aromatic carbocycles. The summed E-state index contributed by atoms with van der Waals surface area (Å²) in [6.07, 6.45) is 1.11. The number of halogens is 1. The fraction of sp³-hybridized carbons (Fsp3) is 0.500. The summed E-state index contributed by atoms with van der Waals surface area (Å²) < 4.78 is 6.67. The number of nitrogens with two attached hydrogens (primary N) is 1. The van der Waals surface area contributed by atoms with Gasteiger partial charge in [-0.2, -0.15) is 0 Å². The van der Waals surface area contributed by atoms with Gasteiger partial charge in [-0.05, 0) is 31.5 Å². The van der Waals surface area contributed by atoms with Crippen molar-refractivity contribution in [3.8, 4) is 0 Å². The fourth-order valence-corrected chi connectivity index (χ4v) is 2.52. The number of benzene rings is 1. The molecule has 0 amide bonds. The molecule has 1 heterocycles. The second-order valence-corrected chi connectivity index (χ2v) is 5.17. The number of ether oxygens (including phenoxy) is 1. The minimum atomic E-state index is -0.124. The first-order valence-electron chi connectivity index (χ1n) is 5.52. The van der Waals surface area contributed by atoms with Gasteiger partial charge < -0.3 is 15.8 Å². The van der Waals surface area contributed by atoms with E-state index in [-0.39, 0.29) is 11.6 Å². The third-order valence-corrected chi connectivity index (χ3v) is 3.77. The molecular formula is C12H17BrN2O. The smallest absolute Gasteiger partial charge is 0.0789 e. The third-order valence-electron chi connectivity index (χ3n) is 3.28. The Balaban J connectivity index is 2.18. The highest BCUT2D eigenvalue weighted by molar-refractivity contribution is 9.10. The standard InChI is InChI=1S/C12H17BrN2O/c1-9-12(8-14,5-6-16-9)15-11-4-2-3-10(13)7-11/h2-4,7,9,15H,5-6,8,14H2,1H3. The highest BCUT2D eigenvalue weighted by Gasteiger charge is 2.40. The largest absolute Gasteiger partial charge is 0.376 e. The number of hydrogen-bond acceptors (Lipinski definition) is 3. The fourth-order valence-electron chi connectivity index (χ4n) is 2.12. The van der Waals surface area contributed by atoms with Gasteiger partial charge in [0.2, 0.25) is 0 Å². The Hall–Kier alpha value is -0.580. The lowest BCUT2D eigenvalue weighted by atomic mass is 9.92. The molecule has 1 aliphatic rings.